The van der Waals surface area contributed by atoms with Crippen LogP contribution in [0.1, 0.15) is 25.0 Å². The summed E-state index contributed by atoms with van der Waals surface area (Å²) in [5, 5.41) is 9.77. The summed E-state index contributed by atoms with van der Waals surface area (Å²) in [5.74, 6) is 0. The molecular weight excluding hydrogens is 248 g/mol. The van der Waals surface area contributed by atoms with Gasteiger partial charge in [-0.25, -0.2) is 8.42 Å². The van der Waals surface area contributed by atoms with Gasteiger partial charge in [-0.3, -0.25) is 0 Å². The third kappa shape index (κ3) is 3.20. The maximum absolute atomic E-state index is 11.5. The van der Waals surface area contributed by atoms with Gasteiger partial charge in [-0.2, -0.15) is 0 Å². The van der Waals surface area contributed by atoms with Crippen LogP contribution in [0.25, 0.3) is 0 Å². The predicted octanol–water partition coefficient (Wildman–Crippen LogP) is 2.20. The molecule has 16 heavy (non-hydrogen) atoms. The van der Waals surface area contributed by atoms with E-state index in [2.05, 4.69) is 0 Å². The van der Waals surface area contributed by atoms with Gasteiger partial charge in [-0.1, -0.05) is 30.7 Å². The van der Waals surface area contributed by atoms with Gasteiger partial charge in [0.1, 0.15) is 0 Å². The van der Waals surface area contributed by atoms with Crippen molar-refractivity contribution in [2.45, 2.75) is 24.7 Å². The second kappa shape index (κ2) is 5.17. The van der Waals surface area contributed by atoms with Crippen molar-refractivity contribution in [2.75, 3.05) is 6.26 Å². The number of hydrogen-bond donors (Lipinski definition) is 1. The molecule has 1 N–H and O–H groups in total. The van der Waals surface area contributed by atoms with Crippen molar-refractivity contribution in [3.8, 4) is 0 Å². The van der Waals surface area contributed by atoms with Gasteiger partial charge in [0.05, 0.1) is 11.4 Å². The summed E-state index contributed by atoms with van der Waals surface area (Å²) in [6.07, 6.45) is 0.514. The molecule has 0 bridgehead atoms. The van der Waals surface area contributed by atoms with E-state index in [4.69, 9.17) is 11.6 Å². The number of sulfone groups is 1. The van der Waals surface area contributed by atoms with E-state index in [0.717, 1.165) is 6.26 Å². The zero-order valence-electron chi connectivity index (χ0n) is 9.22. The Morgan fingerprint density at radius 1 is 1.31 bits per heavy atom. The monoisotopic (exact) mass is 262 g/mol. The van der Waals surface area contributed by atoms with Crippen LogP contribution in [0.5, 0.6) is 0 Å². The Morgan fingerprint density at radius 3 is 2.19 bits per heavy atom. The van der Waals surface area contributed by atoms with Gasteiger partial charge < -0.3 is 5.11 Å². The highest BCUT2D eigenvalue weighted by Gasteiger charge is 2.28. The molecule has 0 spiro atoms. The summed E-state index contributed by atoms with van der Waals surface area (Å²) in [6, 6.07) is 6.55. The molecule has 0 aliphatic rings. The third-order valence-electron chi connectivity index (χ3n) is 2.52. The molecule has 3 nitrogen and oxygen atoms in total. The average Bonchev–Trinajstić information content (AvgIpc) is 2.17. The van der Waals surface area contributed by atoms with Crippen LogP contribution in [0.2, 0.25) is 5.02 Å². The highest BCUT2D eigenvalue weighted by Crippen LogP contribution is 2.25. The Kier molecular flexibility index (Phi) is 4.35. The molecule has 1 aromatic carbocycles. The Bertz CT molecular complexity index is 439. The van der Waals surface area contributed by atoms with Crippen molar-refractivity contribution in [1.82, 2.24) is 0 Å². The van der Waals surface area contributed by atoms with E-state index >= 15 is 0 Å². The number of aliphatic hydroxyl groups excluding tert-OH is 1. The van der Waals surface area contributed by atoms with Crippen molar-refractivity contribution < 1.29 is 13.5 Å². The zero-order chi connectivity index (χ0) is 12.3. The smallest absolute Gasteiger partial charge is 0.153 e. The number of benzene rings is 1. The number of halogens is 1. The minimum absolute atomic E-state index is 0.378. The molecule has 0 fully saturated rings. The molecule has 2 atom stereocenters. The molecule has 0 saturated carbocycles. The number of hydrogen-bond acceptors (Lipinski definition) is 3. The van der Waals surface area contributed by atoms with Crippen molar-refractivity contribution in [3.63, 3.8) is 0 Å². The first-order valence-electron chi connectivity index (χ1n) is 4.98. The van der Waals surface area contributed by atoms with Gasteiger partial charge in [-0.15, -0.1) is 0 Å². The maximum Gasteiger partial charge on any atom is 0.153 e. The lowest BCUT2D eigenvalue weighted by Gasteiger charge is -2.20. The highest BCUT2D eigenvalue weighted by atomic mass is 35.5. The summed E-state index contributed by atoms with van der Waals surface area (Å²) in [4.78, 5) is 0. The first-order valence-corrected chi connectivity index (χ1v) is 7.32. The Balaban J connectivity index is 3.00. The predicted molar refractivity (Wildman–Crippen MR) is 65.3 cm³/mol. The highest BCUT2D eigenvalue weighted by molar-refractivity contribution is 7.91. The summed E-state index contributed by atoms with van der Waals surface area (Å²) in [6.45, 7) is 1.74. The van der Waals surface area contributed by atoms with Gasteiger partial charge in [-0.05, 0) is 24.1 Å². The third-order valence-corrected chi connectivity index (χ3v) is 4.46. The molecule has 0 heterocycles. The van der Waals surface area contributed by atoms with Gasteiger partial charge in [0.25, 0.3) is 0 Å². The molecule has 1 rings (SSSR count). The quantitative estimate of drug-likeness (QED) is 0.905. The fourth-order valence-electron chi connectivity index (χ4n) is 1.63. The van der Waals surface area contributed by atoms with Crippen molar-refractivity contribution >= 4 is 21.4 Å². The van der Waals surface area contributed by atoms with E-state index in [1.165, 1.54) is 0 Å². The summed E-state index contributed by atoms with van der Waals surface area (Å²) in [5.41, 5.74) is 0.571. The SMILES string of the molecule is CC[C@@H]([C@@H](O)c1ccc(Cl)cc1)S(C)(=O)=O. The summed E-state index contributed by atoms with van der Waals surface area (Å²) < 4.78 is 22.9. The Hall–Kier alpha value is -0.580. The van der Waals surface area contributed by atoms with Crippen LogP contribution < -0.4 is 0 Å². The minimum Gasteiger partial charge on any atom is -0.387 e. The van der Waals surface area contributed by atoms with Crippen LogP contribution in [0.15, 0.2) is 24.3 Å². The van der Waals surface area contributed by atoms with Crippen LogP contribution in [0, 0.1) is 0 Å². The van der Waals surface area contributed by atoms with Crippen LogP contribution >= 0.6 is 11.6 Å². The molecule has 0 saturated heterocycles. The fourth-order valence-corrected chi connectivity index (χ4v) is 2.99. The topological polar surface area (TPSA) is 54.4 Å². The van der Waals surface area contributed by atoms with Gasteiger partial charge >= 0.3 is 0 Å². The molecule has 0 aliphatic carbocycles. The normalized spacial score (nSPS) is 15.8. The molecule has 90 valence electrons. The lowest BCUT2D eigenvalue weighted by Crippen LogP contribution is -2.26. The fraction of sp³-hybridized carbons (Fsp3) is 0.455. The van der Waals surface area contributed by atoms with Gasteiger partial charge in [0.2, 0.25) is 0 Å². The van der Waals surface area contributed by atoms with E-state index in [9.17, 15) is 13.5 Å². The molecule has 0 aromatic heterocycles. The molecule has 0 amide bonds. The summed E-state index contributed by atoms with van der Waals surface area (Å²) in [7, 11) is -3.26. The Labute approximate surface area is 101 Å². The second-order valence-corrected chi connectivity index (χ2v) is 6.47. The van der Waals surface area contributed by atoms with Crippen LogP contribution in [0.3, 0.4) is 0 Å². The molecule has 0 unspecified atom stereocenters. The van der Waals surface area contributed by atoms with Gasteiger partial charge in [0, 0.05) is 11.3 Å². The van der Waals surface area contributed by atoms with E-state index in [1.54, 1.807) is 31.2 Å². The maximum atomic E-state index is 11.5. The minimum atomic E-state index is -3.26. The van der Waals surface area contributed by atoms with Crippen LogP contribution in [-0.2, 0) is 9.84 Å². The van der Waals surface area contributed by atoms with E-state index in [-0.39, 0.29) is 0 Å². The number of aliphatic hydroxyl groups is 1. The lowest BCUT2D eigenvalue weighted by atomic mass is 10.1. The van der Waals surface area contributed by atoms with Crippen LogP contribution in [-0.4, -0.2) is 25.0 Å². The first kappa shape index (κ1) is 13.5. The van der Waals surface area contributed by atoms with Crippen molar-refractivity contribution in [3.05, 3.63) is 34.9 Å². The van der Waals surface area contributed by atoms with Crippen molar-refractivity contribution in [1.29, 1.82) is 0 Å². The van der Waals surface area contributed by atoms with Crippen LogP contribution in [0.4, 0.5) is 0 Å². The van der Waals surface area contributed by atoms with E-state index in [0.29, 0.717) is 17.0 Å². The molecule has 5 heteroatoms. The lowest BCUT2D eigenvalue weighted by molar-refractivity contribution is 0.169. The Morgan fingerprint density at radius 2 is 1.81 bits per heavy atom. The standard InChI is InChI=1S/C11H15ClO3S/c1-3-10(16(2,14)15)11(13)8-4-6-9(12)7-5-8/h4-7,10-11,13H,3H2,1-2H3/t10-,11-/m0/s1. The van der Waals surface area contributed by atoms with Crippen molar-refractivity contribution in [2.24, 2.45) is 0 Å². The van der Waals surface area contributed by atoms with Gasteiger partial charge in [0.15, 0.2) is 9.84 Å². The second-order valence-electron chi connectivity index (χ2n) is 3.77. The summed E-state index contributed by atoms with van der Waals surface area (Å²) >= 11 is 5.72. The largest absolute Gasteiger partial charge is 0.387 e. The molecule has 1 aromatic rings. The zero-order valence-corrected chi connectivity index (χ0v) is 10.8. The van der Waals surface area contributed by atoms with E-state index < -0.39 is 21.2 Å². The molecule has 0 radical (unpaired) electrons. The average molecular weight is 263 g/mol. The molecule has 0 aliphatic heterocycles. The first-order chi connectivity index (χ1) is 7.36. The number of rotatable bonds is 4. The van der Waals surface area contributed by atoms with E-state index in [1.807, 2.05) is 0 Å². The molecular formula is C11H15ClO3S.